The number of anilines is 1. The van der Waals surface area contributed by atoms with Gasteiger partial charge in [-0.25, -0.2) is 4.68 Å². The smallest absolute Gasteiger partial charge is 0.381 e. The fraction of sp³-hybridized carbons (Fsp3) is 0.222. The molecule has 4 aromatic rings. The Bertz CT molecular complexity index is 1500. The summed E-state index contributed by atoms with van der Waals surface area (Å²) in [6.07, 6.45) is -2.22. The number of aromatic nitrogens is 2. The van der Waals surface area contributed by atoms with Gasteiger partial charge in [-0.1, -0.05) is 23.7 Å². The van der Waals surface area contributed by atoms with Gasteiger partial charge in [-0.2, -0.15) is 18.3 Å². The summed E-state index contributed by atoms with van der Waals surface area (Å²) in [6.45, 7) is 1.21. The van der Waals surface area contributed by atoms with Crippen LogP contribution in [0.25, 0.3) is 16.6 Å². The summed E-state index contributed by atoms with van der Waals surface area (Å²) in [4.78, 5) is 25.4. The maximum absolute atomic E-state index is 13.2. The lowest BCUT2D eigenvalue weighted by atomic mass is 10.1. The van der Waals surface area contributed by atoms with Crippen molar-refractivity contribution in [1.29, 1.82) is 0 Å². The Labute approximate surface area is 220 Å². The molecule has 3 aromatic carbocycles. The Hall–Kier alpha value is -3.89. The molecule has 5 rings (SSSR count). The van der Waals surface area contributed by atoms with E-state index in [-0.39, 0.29) is 29.0 Å². The first kappa shape index (κ1) is 25.7. The number of halogens is 4. The first-order valence-corrected chi connectivity index (χ1v) is 12.2. The Kier molecular flexibility index (Phi) is 7.09. The number of rotatable bonds is 6. The first-order chi connectivity index (χ1) is 18.2. The van der Waals surface area contributed by atoms with E-state index < -0.39 is 17.6 Å². The van der Waals surface area contributed by atoms with E-state index >= 15 is 0 Å². The number of nitrogens with one attached hydrogen (secondary N) is 2. The van der Waals surface area contributed by atoms with Crippen molar-refractivity contribution in [3.05, 3.63) is 88.6 Å². The number of fused-ring (bicyclic) bond motifs is 1. The highest BCUT2D eigenvalue weighted by Gasteiger charge is 2.30. The van der Waals surface area contributed by atoms with Crippen molar-refractivity contribution < 1.29 is 27.5 Å². The van der Waals surface area contributed by atoms with Crippen molar-refractivity contribution in [2.75, 3.05) is 18.5 Å². The Morgan fingerprint density at radius 3 is 2.61 bits per heavy atom. The van der Waals surface area contributed by atoms with Gasteiger partial charge in [0.1, 0.15) is 0 Å². The van der Waals surface area contributed by atoms with Gasteiger partial charge >= 0.3 is 6.18 Å². The molecular weight excluding hydrogens is 521 g/mol. The number of nitrogens with zero attached hydrogens (tertiary/aromatic N) is 2. The molecule has 1 aliphatic heterocycles. The minimum atomic E-state index is -4.43. The Morgan fingerprint density at radius 2 is 1.89 bits per heavy atom. The van der Waals surface area contributed by atoms with Crippen molar-refractivity contribution in [3.8, 4) is 5.69 Å². The van der Waals surface area contributed by atoms with Crippen LogP contribution in [0, 0.1) is 5.92 Å². The molecule has 1 fully saturated rings. The summed E-state index contributed by atoms with van der Waals surface area (Å²) < 4.78 is 45.5. The summed E-state index contributed by atoms with van der Waals surface area (Å²) in [5.74, 6) is -0.726. The van der Waals surface area contributed by atoms with Gasteiger partial charge in [0, 0.05) is 18.5 Å². The summed E-state index contributed by atoms with van der Waals surface area (Å²) in [5, 5.41) is 10.9. The summed E-state index contributed by atoms with van der Waals surface area (Å²) in [6, 6.07) is 14.8. The number of carbonyl (C=O) groups excluding carboxylic acids is 2. The van der Waals surface area contributed by atoms with E-state index in [4.69, 9.17) is 16.3 Å². The average molecular weight is 543 g/mol. The number of alkyl halides is 3. The topological polar surface area (TPSA) is 85.3 Å². The zero-order chi connectivity index (χ0) is 26.9. The van der Waals surface area contributed by atoms with Crippen LogP contribution in [0.2, 0.25) is 5.02 Å². The molecule has 38 heavy (non-hydrogen) atoms. The highest BCUT2D eigenvalue weighted by Crippen LogP contribution is 2.31. The predicted molar refractivity (Wildman–Crippen MR) is 136 cm³/mol. The molecule has 1 unspecified atom stereocenters. The van der Waals surface area contributed by atoms with Crippen LogP contribution in [-0.4, -0.2) is 34.8 Å². The van der Waals surface area contributed by atoms with Gasteiger partial charge in [0.15, 0.2) is 0 Å². The normalized spacial score (nSPS) is 15.5. The van der Waals surface area contributed by atoms with Gasteiger partial charge in [-0.05, 0) is 60.5 Å². The van der Waals surface area contributed by atoms with Crippen molar-refractivity contribution in [3.63, 3.8) is 0 Å². The van der Waals surface area contributed by atoms with Crippen LogP contribution >= 0.6 is 11.6 Å². The second-order valence-corrected chi connectivity index (χ2v) is 9.29. The lowest BCUT2D eigenvalue weighted by Gasteiger charge is -2.12. The van der Waals surface area contributed by atoms with Crippen LogP contribution in [0.3, 0.4) is 0 Å². The summed E-state index contributed by atoms with van der Waals surface area (Å²) in [7, 11) is 0. The number of amides is 2. The van der Waals surface area contributed by atoms with E-state index in [1.54, 1.807) is 36.4 Å². The molecule has 1 aromatic heterocycles. The van der Waals surface area contributed by atoms with E-state index in [9.17, 15) is 22.8 Å². The summed E-state index contributed by atoms with van der Waals surface area (Å²) >= 11 is 6.31. The van der Waals surface area contributed by atoms with E-state index in [2.05, 4.69) is 15.7 Å². The second kappa shape index (κ2) is 10.5. The van der Waals surface area contributed by atoms with Crippen LogP contribution in [0.4, 0.5) is 18.9 Å². The lowest BCUT2D eigenvalue weighted by molar-refractivity contribution is -0.137. The number of carbonyl (C=O) groups is 2. The largest absolute Gasteiger partial charge is 0.416 e. The molecule has 2 amide bonds. The minimum Gasteiger partial charge on any atom is -0.381 e. The predicted octanol–water partition coefficient (Wildman–Crippen LogP) is 5.60. The first-order valence-electron chi connectivity index (χ1n) is 11.8. The molecule has 2 heterocycles. The van der Waals surface area contributed by atoms with Crippen LogP contribution in [0.15, 0.2) is 66.9 Å². The summed E-state index contributed by atoms with van der Waals surface area (Å²) in [5.41, 5.74) is 1.69. The molecule has 0 radical (unpaired) electrons. The number of hydrogen-bond acceptors (Lipinski definition) is 4. The zero-order valence-corrected chi connectivity index (χ0v) is 20.6. The monoisotopic (exact) mass is 542 g/mol. The maximum Gasteiger partial charge on any atom is 0.416 e. The third kappa shape index (κ3) is 5.36. The molecule has 7 nitrogen and oxygen atoms in total. The molecule has 1 aliphatic rings. The molecule has 0 aliphatic carbocycles. The Balaban J connectivity index is 1.34. The van der Waals surface area contributed by atoms with Gasteiger partial charge in [-0.3, -0.25) is 9.59 Å². The molecule has 0 spiro atoms. The van der Waals surface area contributed by atoms with Gasteiger partial charge < -0.3 is 15.4 Å². The number of ether oxygens (including phenoxy) is 1. The molecule has 11 heteroatoms. The van der Waals surface area contributed by atoms with Gasteiger partial charge in [0.2, 0.25) is 5.91 Å². The molecular formula is C27H22ClF3N4O3. The maximum atomic E-state index is 13.2. The zero-order valence-electron chi connectivity index (χ0n) is 19.9. The third-order valence-electron chi connectivity index (χ3n) is 6.34. The van der Waals surface area contributed by atoms with Crippen LogP contribution in [0.1, 0.15) is 27.9 Å². The van der Waals surface area contributed by atoms with Crippen LogP contribution < -0.4 is 10.6 Å². The fourth-order valence-corrected chi connectivity index (χ4v) is 4.48. The van der Waals surface area contributed by atoms with Crippen molar-refractivity contribution in [1.82, 2.24) is 15.1 Å². The quantitative estimate of drug-likeness (QED) is 0.332. The fourth-order valence-electron chi connectivity index (χ4n) is 4.28. The Morgan fingerprint density at radius 1 is 1.11 bits per heavy atom. The molecule has 2 N–H and O–H groups in total. The van der Waals surface area contributed by atoms with E-state index in [1.807, 2.05) is 0 Å². The van der Waals surface area contributed by atoms with Crippen molar-refractivity contribution in [2.45, 2.75) is 19.1 Å². The highest BCUT2D eigenvalue weighted by molar-refractivity contribution is 6.34. The van der Waals surface area contributed by atoms with Crippen molar-refractivity contribution >= 4 is 40.0 Å². The van der Waals surface area contributed by atoms with Crippen LogP contribution in [0.5, 0.6) is 0 Å². The third-order valence-corrected chi connectivity index (χ3v) is 6.67. The minimum absolute atomic E-state index is 0.0970. The van der Waals surface area contributed by atoms with Gasteiger partial charge in [0.25, 0.3) is 5.91 Å². The highest BCUT2D eigenvalue weighted by atomic mass is 35.5. The number of benzene rings is 3. The SMILES string of the molecule is O=C(Nc1cccc2c1cnn2-c1ccc(C(F)(F)F)cc1)c1cc(CNC(=O)C2CCOC2)ccc1Cl. The standard InChI is InChI=1S/C27H22ClF3N4O3/c28-22-9-4-16(13-32-25(36)17-10-11-38-15-17)12-20(22)26(37)34-23-2-1-3-24-21(23)14-33-35(24)19-7-5-18(6-8-19)27(29,30)31/h1-9,12,14,17H,10-11,13,15H2,(H,32,36)(H,34,37). The lowest BCUT2D eigenvalue weighted by Crippen LogP contribution is -2.30. The van der Waals surface area contributed by atoms with Gasteiger partial charge in [0.05, 0.1) is 51.8 Å². The van der Waals surface area contributed by atoms with Crippen molar-refractivity contribution in [2.24, 2.45) is 5.92 Å². The van der Waals surface area contributed by atoms with Gasteiger partial charge in [-0.15, -0.1) is 0 Å². The molecule has 196 valence electrons. The molecule has 1 atom stereocenters. The molecule has 1 saturated heterocycles. The van der Waals surface area contributed by atoms with E-state index in [0.717, 1.165) is 12.1 Å². The van der Waals surface area contributed by atoms with Crippen LogP contribution in [-0.2, 0) is 22.3 Å². The number of hydrogen-bond donors (Lipinski definition) is 2. The second-order valence-electron chi connectivity index (χ2n) is 8.89. The van der Waals surface area contributed by atoms with E-state index in [0.29, 0.717) is 47.5 Å². The molecule has 0 saturated carbocycles. The average Bonchev–Trinajstić information content (AvgIpc) is 3.59. The van der Waals surface area contributed by atoms with E-state index in [1.165, 1.54) is 23.0 Å². The molecule has 0 bridgehead atoms.